The van der Waals surface area contributed by atoms with E-state index < -0.39 is 0 Å². The lowest BCUT2D eigenvalue weighted by Crippen LogP contribution is -2.22. The molecule has 2 rings (SSSR count). The van der Waals surface area contributed by atoms with Crippen LogP contribution in [0.25, 0.3) is 0 Å². The molecule has 2 aliphatic rings. The molecular formula is C8H13N. The summed E-state index contributed by atoms with van der Waals surface area (Å²) in [6.45, 7) is 3.61. The van der Waals surface area contributed by atoms with Gasteiger partial charge in [-0.3, -0.25) is 0 Å². The maximum absolute atomic E-state index is 2.54. The Morgan fingerprint density at radius 3 is 3.33 bits per heavy atom. The van der Waals surface area contributed by atoms with Crippen molar-refractivity contribution in [2.45, 2.75) is 32.2 Å². The monoisotopic (exact) mass is 123 g/mol. The number of nitrogens with zero attached hydrogens (tertiary/aromatic N) is 1. The molecule has 0 bridgehead atoms. The van der Waals surface area contributed by atoms with Gasteiger partial charge in [-0.15, -0.1) is 0 Å². The van der Waals surface area contributed by atoms with Crippen molar-refractivity contribution < 1.29 is 0 Å². The van der Waals surface area contributed by atoms with Crippen LogP contribution in [0.5, 0.6) is 0 Å². The Bertz CT molecular complexity index is 149. The first-order valence-corrected chi connectivity index (χ1v) is 3.83. The van der Waals surface area contributed by atoms with Gasteiger partial charge in [-0.25, -0.2) is 0 Å². The highest BCUT2D eigenvalue weighted by Gasteiger charge is 2.26. The molecule has 9 heavy (non-hydrogen) atoms. The molecule has 0 saturated carbocycles. The molecule has 1 saturated heterocycles. The Morgan fingerprint density at radius 1 is 1.67 bits per heavy atom. The molecule has 1 nitrogen and oxygen atoms in total. The van der Waals surface area contributed by atoms with Crippen LogP contribution >= 0.6 is 0 Å². The summed E-state index contributed by atoms with van der Waals surface area (Å²) >= 11 is 0. The summed E-state index contributed by atoms with van der Waals surface area (Å²) in [6, 6.07) is 0.832. The van der Waals surface area contributed by atoms with Crippen molar-refractivity contribution in [1.29, 1.82) is 0 Å². The average molecular weight is 123 g/mol. The number of hydrogen-bond acceptors (Lipinski definition) is 1. The Balaban J connectivity index is 2.20. The Kier molecular flexibility index (Phi) is 1.04. The lowest BCUT2D eigenvalue weighted by Gasteiger charge is -2.19. The highest BCUT2D eigenvalue weighted by molar-refractivity contribution is 5.13. The summed E-state index contributed by atoms with van der Waals surface area (Å²) in [5.41, 5.74) is 1.61. The summed E-state index contributed by atoms with van der Waals surface area (Å²) in [5, 5.41) is 0. The molecular weight excluding hydrogens is 110 g/mol. The third-order valence-corrected chi connectivity index (χ3v) is 2.47. The molecule has 1 unspecified atom stereocenters. The van der Waals surface area contributed by atoms with Crippen LogP contribution in [0.3, 0.4) is 0 Å². The molecule has 1 heteroatoms. The quantitative estimate of drug-likeness (QED) is 0.474. The summed E-state index contributed by atoms with van der Waals surface area (Å²) in [4.78, 5) is 2.54. The number of hydrogen-bond donors (Lipinski definition) is 0. The van der Waals surface area contributed by atoms with Crippen LogP contribution in [0.15, 0.2) is 11.8 Å². The molecule has 50 valence electrons. The first kappa shape index (κ1) is 5.33. The normalized spacial score (nSPS) is 32.8. The van der Waals surface area contributed by atoms with Gasteiger partial charge in [-0.2, -0.15) is 0 Å². The Hall–Kier alpha value is -0.460. The summed E-state index contributed by atoms with van der Waals surface area (Å²) < 4.78 is 0. The van der Waals surface area contributed by atoms with Crippen LogP contribution in [0.1, 0.15) is 26.2 Å². The highest BCUT2D eigenvalue weighted by Crippen LogP contribution is 2.31. The smallest absolute Gasteiger partial charge is 0.0262 e. The van der Waals surface area contributed by atoms with Crippen LogP contribution in [0.4, 0.5) is 0 Å². The van der Waals surface area contributed by atoms with Gasteiger partial charge in [0.05, 0.1) is 0 Å². The topological polar surface area (TPSA) is 3.24 Å². The Labute approximate surface area is 56.4 Å². The number of fused-ring (bicyclic) bond motifs is 1. The third kappa shape index (κ3) is 0.673. The molecule has 2 aliphatic heterocycles. The van der Waals surface area contributed by atoms with Crippen molar-refractivity contribution in [3.05, 3.63) is 11.8 Å². The summed E-state index contributed by atoms with van der Waals surface area (Å²) in [6.07, 6.45) is 6.40. The zero-order chi connectivity index (χ0) is 6.27. The van der Waals surface area contributed by atoms with Gasteiger partial charge in [0, 0.05) is 18.3 Å². The second-order valence-corrected chi connectivity index (χ2v) is 3.07. The molecule has 0 spiro atoms. The van der Waals surface area contributed by atoms with Gasteiger partial charge in [0.2, 0.25) is 0 Å². The summed E-state index contributed by atoms with van der Waals surface area (Å²) in [7, 11) is 0. The van der Waals surface area contributed by atoms with E-state index in [9.17, 15) is 0 Å². The van der Waals surface area contributed by atoms with E-state index >= 15 is 0 Å². The van der Waals surface area contributed by atoms with Crippen molar-refractivity contribution >= 4 is 0 Å². The van der Waals surface area contributed by atoms with Gasteiger partial charge in [0.15, 0.2) is 0 Å². The zero-order valence-electron chi connectivity index (χ0n) is 5.93. The van der Waals surface area contributed by atoms with E-state index in [2.05, 4.69) is 17.9 Å². The van der Waals surface area contributed by atoms with Crippen LogP contribution < -0.4 is 0 Å². The fourth-order valence-electron chi connectivity index (χ4n) is 1.89. The molecule has 0 aromatic rings. The molecule has 2 heterocycles. The molecule has 0 aromatic carbocycles. The van der Waals surface area contributed by atoms with Crippen molar-refractivity contribution in [2.24, 2.45) is 0 Å². The predicted octanol–water partition coefficient (Wildman–Crippen LogP) is 1.76. The van der Waals surface area contributed by atoms with Gasteiger partial charge in [0.1, 0.15) is 0 Å². The lowest BCUT2D eigenvalue weighted by molar-refractivity contribution is 0.336. The minimum absolute atomic E-state index is 0.832. The van der Waals surface area contributed by atoms with Crippen molar-refractivity contribution in [2.75, 3.05) is 6.54 Å². The minimum atomic E-state index is 0.832. The second-order valence-electron chi connectivity index (χ2n) is 3.07. The summed E-state index contributed by atoms with van der Waals surface area (Å²) in [5.74, 6) is 0. The molecule has 0 amide bonds. The SMILES string of the molecule is CC1CCC2=CCCN21. The maximum Gasteiger partial charge on any atom is 0.0262 e. The van der Waals surface area contributed by atoms with E-state index in [0.717, 1.165) is 6.04 Å². The van der Waals surface area contributed by atoms with E-state index in [-0.39, 0.29) is 0 Å². The molecule has 0 aromatic heterocycles. The minimum Gasteiger partial charge on any atom is -0.372 e. The van der Waals surface area contributed by atoms with Gasteiger partial charge in [-0.1, -0.05) is 6.08 Å². The van der Waals surface area contributed by atoms with Crippen LogP contribution in [-0.4, -0.2) is 17.5 Å². The van der Waals surface area contributed by atoms with Crippen LogP contribution in [0.2, 0.25) is 0 Å². The number of allylic oxidation sites excluding steroid dienone is 1. The van der Waals surface area contributed by atoms with Crippen molar-refractivity contribution in [1.82, 2.24) is 4.90 Å². The van der Waals surface area contributed by atoms with Crippen molar-refractivity contribution in [3.63, 3.8) is 0 Å². The second kappa shape index (κ2) is 1.76. The lowest BCUT2D eigenvalue weighted by atomic mass is 10.2. The molecule has 0 radical (unpaired) electrons. The van der Waals surface area contributed by atoms with Gasteiger partial charge in [0.25, 0.3) is 0 Å². The van der Waals surface area contributed by atoms with E-state index in [1.165, 1.54) is 25.8 Å². The highest BCUT2D eigenvalue weighted by atomic mass is 15.2. The Morgan fingerprint density at radius 2 is 2.56 bits per heavy atom. The average Bonchev–Trinajstić information content (AvgIpc) is 2.35. The van der Waals surface area contributed by atoms with E-state index in [1.54, 1.807) is 5.70 Å². The van der Waals surface area contributed by atoms with Gasteiger partial charge < -0.3 is 4.90 Å². The largest absolute Gasteiger partial charge is 0.372 e. The maximum atomic E-state index is 2.54. The fraction of sp³-hybridized carbons (Fsp3) is 0.750. The molecule has 1 atom stereocenters. The standard InChI is InChI=1S/C8H13N/c1-7-4-5-8-3-2-6-9(7)8/h3,7H,2,4-6H2,1H3. The van der Waals surface area contributed by atoms with E-state index in [0.29, 0.717) is 0 Å². The van der Waals surface area contributed by atoms with Gasteiger partial charge >= 0.3 is 0 Å². The zero-order valence-corrected chi connectivity index (χ0v) is 5.93. The van der Waals surface area contributed by atoms with E-state index in [1.807, 2.05) is 0 Å². The third-order valence-electron chi connectivity index (χ3n) is 2.47. The first-order chi connectivity index (χ1) is 4.38. The van der Waals surface area contributed by atoms with E-state index in [4.69, 9.17) is 0 Å². The van der Waals surface area contributed by atoms with Crippen LogP contribution in [-0.2, 0) is 0 Å². The fourth-order valence-corrected chi connectivity index (χ4v) is 1.89. The molecule has 0 N–H and O–H groups in total. The molecule has 1 fully saturated rings. The van der Waals surface area contributed by atoms with Crippen LogP contribution in [0, 0.1) is 0 Å². The first-order valence-electron chi connectivity index (χ1n) is 3.83. The van der Waals surface area contributed by atoms with Crippen molar-refractivity contribution in [3.8, 4) is 0 Å². The molecule has 0 aliphatic carbocycles. The van der Waals surface area contributed by atoms with Gasteiger partial charge in [-0.05, 0) is 26.2 Å². The predicted molar refractivity (Wildman–Crippen MR) is 38.1 cm³/mol. The number of rotatable bonds is 0.